The van der Waals surface area contributed by atoms with Crippen LogP contribution in [-0.2, 0) is 28.0 Å². The molecule has 0 saturated heterocycles. The first kappa shape index (κ1) is 21.6. The van der Waals surface area contributed by atoms with Crippen LogP contribution in [0.15, 0.2) is 21.7 Å². The zero-order valence-electron chi connectivity index (χ0n) is 18.7. The molecule has 0 aromatic carbocycles. The van der Waals surface area contributed by atoms with Crippen molar-refractivity contribution in [2.75, 3.05) is 7.11 Å². The molecule has 2 aromatic heterocycles. The molecule has 0 aliphatic heterocycles. The summed E-state index contributed by atoms with van der Waals surface area (Å²) in [6.07, 6.45) is 10.8. The van der Waals surface area contributed by atoms with Crippen LogP contribution in [0.3, 0.4) is 0 Å². The Balaban J connectivity index is 1.72. The number of hydrogen-bond acceptors (Lipinski definition) is 5. The van der Waals surface area contributed by atoms with E-state index in [0.29, 0.717) is 24.3 Å². The van der Waals surface area contributed by atoms with E-state index in [1.54, 1.807) is 10.6 Å². The summed E-state index contributed by atoms with van der Waals surface area (Å²) in [4.78, 5) is 45.7. The summed E-state index contributed by atoms with van der Waals surface area (Å²) >= 11 is 0. The number of aromatic amines is 1. The lowest BCUT2D eigenvalue weighted by Gasteiger charge is -2.51. The van der Waals surface area contributed by atoms with E-state index in [4.69, 9.17) is 9.72 Å². The molecule has 168 valence electrons. The molecule has 8 nitrogen and oxygen atoms in total. The van der Waals surface area contributed by atoms with Crippen molar-refractivity contribution in [2.45, 2.75) is 83.7 Å². The third-order valence-corrected chi connectivity index (χ3v) is 7.34. The number of nitrogens with one attached hydrogen (secondary N) is 1. The monoisotopic (exact) mass is 428 g/mol. The number of esters is 1. The Kier molecular flexibility index (Phi) is 5.66. The standard InChI is InChI=1S/C23H32N4O4/c1-4-14-26-18-17(19(29)27(15-5-2)21(26)30)24-20(25-18)23-11-8-22(9-12-23,10-13-23)7-6-16(28)31-3/h6-7H,4-5,8-15H2,1-3H3,(H,24,25)/b7-6+. The fourth-order valence-corrected chi connectivity index (χ4v) is 5.40. The number of imidazole rings is 1. The minimum Gasteiger partial charge on any atom is -0.466 e. The van der Waals surface area contributed by atoms with Crippen LogP contribution >= 0.6 is 0 Å². The van der Waals surface area contributed by atoms with Gasteiger partial charge in [-0.1, -0.05) is 19.9 Å². The van der Waals surface area contributed by atoms with E-state index in [9.17, 15) is 14.4 Å². The van der Waals surface area contributed by atoms with Crippen molar-refractivity contribution in [1.82, 2.24) is 19.1 Å². The number of methoxy groups -OCH3 is 1. The van der Waals surface area contributed by atoms with Crippen molar-refractivity contribution in [1.29, 1.82) is 0 Å². The molecule has 0 unspecified atom stereocenters. The number of rotatable bonds is 7. The van der Waals surface area contributed by atoms with Crippen molar-refractivity contribution in [3.8, 4) is 0 Å². The highest BCUT2D eigenvalue weighted by Gasteiger charge is 2.50. The van der Waals surface area contributed by atoms with Gasteiger partial charge in [-0.25, -0.2) is 14.6 Å². The molecule has 0 spiro atoms. The summed E-state index contributed by atoms with van der Waals surface area (Å²) in [5.74, 6) is 0.523. The van der Waals surface area contributed by atoms with Gasteiger partial charge in [0.05, 0.1) is 7.11 Å². The second-order valence-corrected chi connectivity index (χ2v) is 9.17. The maximum absolute atomic E-state index is 13.0. The first-order valence-corrected chi connectivity index (χ1v) is 11.4. The average molecular weight is 429 g/mol. The Morgan fingerprint density at radius 2 is 1.68 bits per heavy atom. The predicted molar refractivity (Wildman–Crippen MR) is 118 cm³/mol. The van der Waals surface area contributed by atoms with Gasteiger partial charge in [0.1, 0.15) is 11.3 Å². The van der Waals surface area contributed by atoms with E-state index >= 15 is 0 Å². The van der Waals surface area contributed by atoms with Gasteiger partial charge in [-0.2, -0.15) is 0 Å². The lowest BCUT2D eigenvalue weighted by atomic mass is 9.53. The van der Waals surface area contributed by atoms with Crippen LogP contribution < -0.4 is 11.2 Å². The molecule has 5 rings (SSSR count). The maximum atomic E-state index is 13.0. The Morgan fingerprint density at radius 1 is 1.06 bits per heavy atom. The SMILES string of the molecule is CCCn1c(=O)c2[nH]c(C34CCC(/C=C/C(=O)OC)(CC3)CC4)nc2n(CCC)c1=O. The molecular weight excluding hydrogens is 396 g/mol. The smallest absolute Gasteiger partial charge is 0.332 e. The molecule has 3 aliphatic carbocycles. The number of hydrogen-bond donors (Lipinski definition) is 1. The van der Waals surface area contributed by atoms with E-state index in [1.807, 2.05) is 19.9 Å². The van der Waals surface area contributed by atoms with Crippen LogP contribution in [0.4, 0.5) is 0 Å². The molecule has 8 heteroatoms. The number of aromatic nitrogens is 4. The van der Waals surface area contributed by atoms with Gasteiger partial charge in [-0.05, 0) is 56.8 Å². The number of aryl methyl sites for hydroxylation is 1. The second kappa shape index (κ2) is 8.13. The molecular formula is C23H32N4O4. The van der Waals surface area contributed by atoms with E-state index in [2.05, 4.69) is 4.98 Å². The zero-order chi connectivity index (χ0) is 22.2. The first-order chi connectivity index (χ1) is 14.9. The van der Waals surface area contributed by atoms with Crippen molar-refractivity contribution in [3.05, 3.63) is 38.8 Å². The van der Waals surface area contributed by atoms with Gasteiger partial charge in [0.25, 0.3) is 5.56 Å². The fraction of sp³-hybridized carbons (Fsp3) is 0.652. The molecule has 3 fully saturated rings. The van der Waals surface area contributed by atoms with Crippen molar-refractivity contribution < 1.29 is 9.53 Å². The van der Waals surface area contributed by atoms with Gasteiger partial charge in [0.15, 0.2) is 5.65 Å². The lowest BCUT2D eigenvalue weighted by Crippen LogP contribution is -2.44. The van der Waals surface area contributed by atoms with Crippen LogP contribution in [0.2, 0.25) is 0 Å². The maximum Gasteiger partial charge on any atom is 0.332 e. The largest absolute Gasteiger partial charge is 0.466 e. The van der Waals surface area contributed by atoms with E-state index in [1.165, 1.54) is 11.7 Å². The second-order valence-electron chi connectivity index (χ2n) is 9.17. The summed E-state index contributed by atoms with van der Waals surface area (Å²) < 4.78 is 7.73. The zero-order valence-corrected chi connectivity index (χ0v) is 18.7. The van der Waals surface area contributed by atoms with E-state index < -0.39 is 0 Å². The molecule has 3 saturated carbocycles. The third kappa shape index (κ3) is 3.55. The highest BCUT2D eigenvalue weighted by Crippen LogP contribution is 2.57. The van der Waals surface area contributed by atoms with Crippen LogP contribution in [0.25, 0.3) is 11.2 Å². The Morgan fingerprint density at radius 3 is 2.26 bits per heavy atom. The van der Waals surface area contributed by atoms with E-state index in [0.717, 1.165) is 57.2 Å². The average Bonchev–Trinajstić information content (AvgIpc) is 3.25. The molecule has 0 amide bonds. The fourth-order valence-electron chi connectivity index (χ4n) is 5.40. The normalized spacial score (nSPS) is 25.5. The number of H-pyrrole nitrogens is 1. The lowest BCUT2D eigenvalue weighted by molar-refractivity contribution is -0.134. The highest BCUT2D eigenvalue weighted by atomic mass is 16.5. The Labute approximate surface area is 181 Å². The minimum absolute atomic E-state index is 0.0418. The van der Waals surface area contributed by atoms with Crippen LogP contribution in [0.5, 0.6) is 0 Å². The molecule has 31 heavy (non-hydrogen) atoms. The van der Waals surface area contributed by atoms with Crippen molar-refractivity contribution in [2.24, 2.45) is 5.41 Å². The van der Waals surface area contributed by atoms with Crippen molar-refractivity contribution >= 4 is 17.1 Å². The first-order valence-electron chi connectivity index (χ1n) is 11.4. The summed E-state index contributed by atoms with van der Waals surface area (Å²) in [6.45, 7) is 4.93. The van der Waals surface area contributed by atoms with Crippen molar-refractivity contribution in [3.63, 3.8) is 0 Å². The van der Waals surface area contributed by atoms with Crippen LogP contribution in [0, 0.1) is 5.41 Å². The molecule has 0 atom stereocenters. The number of nitrogens with zero attached hydrogens (tertiary/aromatic N) is 3. The Bertz CT molecular complexity index is 1110. The molecule has 3 aliphatic rings. The number of carbonyl (C=O) groups is 1. The van der Waals surface area contributed by atoms with Gasteiger partial charge in [-0.3, -0.25) is 13.9 Å². The number of carbonyl (C=O) groups excluding carboxylic acids is 1. The summed E-state index contributed by atoms with van der Waals surface area (Å²) in [5, 5.41) is 0. The third-order valence-electron chi connectivity index (χ3n) is 7.34. The molecule has 2 heterocycles. The quantitative estimate of drug-likeness (QED) is 0.540. The Hall–Kier alpha value is -2.64. The van der Waals surface area contributed by atoms with Gasteiger partial charge in [-0.15, -0.1) is 0 Å². The van der Waals surface area contributed by atoms with Gasteiger partial charge >= 0.3 is 11.7 Å². The molecule has 2 bridgehead atoms. The predicted octanol–water partition coefficient (Wildman–Crippen LogP) is 3.03. The number of ether oxygens (including phenoxy) is 1. The summed E-state index contributed by atoms with van der Waals surface area (Å²) in [6, 6.07) is 0. The number of fused-ring (bicyclic) bond motifs is 4. The summed E-state index contributed by atoms with van der Waals surface area (Å²) in [7, 11) is 1.39. The molecule has 2 aromatic rings. The van der Waals surface area contributed by atoms with Gasteiger partial charge in [0, 0.05) is 24.6 Å². The van der Waals surface area contributed by atoms with Crippen LogP contribution in [-0.4, -0.2) is 32.2 Å². The molecule has 0 radical (unpaired) electrons. The molecule has 1 N–H and O–H groups in total. The topological polar surface area (TPSA) is 99.0 Å². The van der Waals surface area contributed by atoms with Gasteiger partial charge in [0.2, 0.25) is 0 Å². The summed E-state index contributed by atoms with van der Waals surface area (Å²) in [5.41, 5.74) is 0.331. The highest BCUT2D eigenvalue weighted by molar-refractivity contribution is 5.81. The van der Waals surface area contributed by atoms with Crippen LogP contribution in [0.1, 0.15) is 71.0 Å². The van der Waals surface area contributed by atoms with E-state index in [-0.39, 0.29) is 28.0 Å². The minimum atomic E-state index is -0.314. The van der Waals surface area contributed by atoms with Gasteiger partial charge < -0.3 is 9.72 Å². The number of allylic oxidation sites excluding steroid dienone is 1.